The summed E-state index contributed by atoms with van der Waals surface area (Å²) in [7, 11) is 1.86. The summed E-state index contributed by atoms with van der Waals surface area (Å²) in [5.74, 6) is -0.741. The number of nitrogens with zero attached hydrogens (tertiary/aromatic N) is 1. The average molecular weight is 353 g/mol. The molecule has 0 aromatic heterocycles. The molecule has 1 atom stereocenters. The van der Waals surface area contributed by atoms with Crippen molar-refractivity contribution in [3.63, 3.8) is 0 Å². The number of amides is 2. The summed E-state index contributed by atoms with van der Waals surface area (Å²) in [6.45, 7) is 0. The number of carboxylic acid groups (broad SMARTS) is 1. The minimum atomic E-state index is -0.876. The van der Waals surface area contributed by atoms with Gasteiger partial charge in [0.1, 0.15) is 0 Å². The number of aliphatic carboxylic acids is 1. The van der Waals surface area contributed by atoms with E-state index >= 15 is 0 Å². The van der Waals surface area contributed by atoms with E-state index in [1.54, 1.807) is 0 Å². The van der Waals surface area contributed by atoms with Crippen LogP contribution in [0, 0.1) is 5.92 Å². The third kappa shape index (κ3) is 5.70. The summed E-state index contributed by atoms with van der Waals surface area (Å²) < 4.78 is 0. The zero-order chi connectivity index (χ0) is 18.4. The Morgan fingerprint density at radius 3 is 2.28 bits per heavy atom. The van der Waals surface area contributed by atoms with Crippen LogP contribution >= 0.6 is 0 Å². The molecule has 0 aliphatic heterocycles. The van der Waals surface area contributed by atoms with Crippen molar-refractivity contribution in [1.29, 1.82) is 0 Å². The number of carboxylic acids is 1. The summed E-state index contributed by atoms with van der Waals surface area (Å²) in [5, 5.41) is 11.6. The Labute approximate surface area is 149 Å². The van der Waals surface area contributed by atoms with Crippen LogP contribution in [0.25, 0.3) is 0 Å². The SMILES string of the molecule is CN(C(=O)[C@@H](N)C1CCC(NC(=O)CCCC(=O)O)CC1)C1CCC1. The zero-order valence-corrected chi connectivity index (χ0v) is 15.1. The maximum Gasteiger partial charge on any atom is 0.303 e. The van der Waals surface area contributed by atoms with E-state index in [-0.39, 0.29) is 36.6 Å². The largest absolute Gasteiger partial charge is 0.481 e. The van der Waals surface area contributed by atoms with E-state index in [2.05, 4.69) is 5.32 Å². The van der Waals surface area contributed by atoms with E-state index < -0.39 is 12.0 Å². The second-order valence-corrected chi connectivity index (χ2v) is 7.49. The highest BCUT2D eigenvalue weighted by Crippen LogP contribution is 2.29. The monoisotopic (exact) mass is 353 g/mol. The van der Waals surface area contributed by atoms with Crippen LogP contribution in [0.4, 0.5) is 0 Å². The highest BCUT2D eigenvalue weighted by molar-refractivity contribution is 5.82. The molecule has 142 valence electrons. The molecule has 0 radical (unpaired) electrons. The van der Waals surface area contributed by atoms with Crippen molar-refractivity contribution < 1.29 is 19.5 Å². The fourth-order valence-electron chi connectivity index (χ4n) is 3.71. The Kier molecular flexibility index (Phi) is 7.23. The van der Waals surface area contributed by atoms with E-state index in [0.717, 1.165) is 38.5 Å². The molecule has 0 saturated heterocycles. The molecular formula is C18H31N3O4. The van der Waals surface area contributed by atoms with Gasteiger partial charge in [0.05, 0.1) is 6.04 Å². The quantitative estimate of drug-likeness (QED) is 0.608. The fraction of sp³-hybridized carbons (Fsp3) is 0.833. The molecule has 2 aliphatic rings. The first-order valence-corrected chi connectivity index (χ1v) is 9.42. The standard InChI is InChI=1S/C18H31N3O4/c1-21(14-4-2-5-14)18(25)17(19)12-8-10-13(11-9-12)20-15(22)6-3-7-16(23)24/h12-14,17H,2-11,19H2,1H3,(H,20,22)(H,23,24)/t12?,13?,17-/m0/s1. The van der Waals surface area contributed by atoms with Crippen LogP contribution < -0.4 is 11.1 Å². The number of carbonyl (C=O) groups is 3. The molecule has 25 heavy (non-hydrogen) atoms. The van der Waals surface area contributed by atoms with Gasteiger partial charge in [-0.1, -0.05) is 0 Å². The number of hydrogen-bond donors (Lipinski definition) is 3. The number of rotatable bonds is 8. The van der Waals surface area contributed by atoms with Crippen LogP contribution in [0.3, 0.4) is 0 Å². The lowest BCUT2D eigenvalue weighted by molar-refractivity contribution is -0.138. The lowest BCUT2D eigenvalue weighted by atomic mass is 9.80. The van der Waals surface area contributed by atoms with Crippen LogP contribution in [0.1, 0.15) is 64.2 Å². The number of nitrogens with two attached hydrogens (primary N) is 1. The first kappa shape index (κ1) is 19.7. The Morgan fingerprint density at radius 2 is 1.76 bits per heavy atom. The molecule has 2 amide bonds. The molecule has 7 nitrogen and oxygen atoms in total. The van der Waals surface area contributed by atoms with Gasteiger partial charge in [-0.05, 0) is 57.3 Å². The van der Waals surface area contributed by atoms with Gasteiger partial charge in [-0.2, -0.15) is 0 Å². The average Bonchev–Trinajstić information content (AvgIpc) is 2.52. The molecule has 2 fully saturated rings. The predicted molar refractivity (Wildman–Crippen MR) is 93.8 cm³/mol. The first-order chi connectivity index (χ1) is 11.9. The van der Waals surface area contributed by atoms with Gasteiger partial charge in [0.15, 0.2) is 0 Å². The summed E-state index contributed by atoms with van der Waals surface area (Å²) in [5.41, 5.74) is 6.22. The van der Waals surface area contributed by atoms with Gasteiger partial charge in [0.2, 0.25) is 11.8 Å². The minimum absolute atomic E-state index is 0.0195. The maximum atomic E-state index is 12.5. The Hall–Kier alpha value is -1.63. The Morgan fingerprint density at radius 1 is 1.12 bits per heavy atom. The second kappa shape index (κ2) is 9.17. The summed E-state index contributed by atoms with van der Waals surface area (Å²) in [6.07, 6.45) is 7.30. The lowest BCUT2D eigenvalue weighted by Crippen LogP contribution is -2.52. The molecule has 4 N–H and O–H groups in total. The minimum Gasteiger partial charge on any atom is -0.481 e. The van der Waals surface area contributed by atoms with E-state index in [1.807, 2.05) is 11.9 Å². The maximum absolute atomic E-state index is 12.5. The number of nitrogens with one attached hydrogen (secondary N) is 1. The number of hydrogen-bond acceptors (Lipinski definition) is 4. The van der Waals surface area contributed by atoms with E-state index in [0.29, 0.717) is 12.5 Å². The molecule has 0 spiro atoms. The van der Waals surface area contributed by atoms with Crippen molar-refractivity contribution in [1.82, 2.24) is 10.2 Å². The van der Waals surface area contributed by atoms with Gasteiger partial charge in [0.25, 0.3) is 0 Å². The van der Waals surface area contributed by atoms with E-state index in [4.69, 9.17) is 10.8 Å². The molecule has 2 saturated carbocycles. The fourth-order valence-corrected chi connectivity index (χ4v) is 3.71. The highest BCUT2D eigenvalue weighted by atomic mass is 16.4. The lowest BCUT2D eigenvalue weighted by Gasteiger charge is -2.38. The van der Waals surface area contributed by atoms with E-state index in [9.17, 15) is 14.4 Å². The molecule has 2 aliphatic carbocycles. The van der Waals surface area contributed by atoms with Crippen LogP contribution in [0.15, 0.2) is 0 Å². The van der Waals surface area contributed by atoms with Gasteiger partial charge in [0, 0.05) is 32.0 Å². The highest BCUT2D eigenvalue weighted by Gasteiger charge is 2.34. The van der Waals surface area contributed by atoms with Crippen LogP contribution in [-0.2, 0) is 14.4 Å². The van der Waals surface area contributed by atoms with Gasteiger partial charge in [-0.15, -0.1) is 0 Å². The summed E-state index contributed by atoms with van der Waals surface area (Å²) >= 11 is 0. The number of likely N-dealkylation sites (N-methyl/N-ethyl adjacent to an activating group) is 1. The topological polar surface area (TPSA) is 113 Å². The smallest absolute Gasteiger partial charge is 0.303 e. The van der Waals surface area contributed by atoms with Crippen LogP contribution in [0.2, 0.25) is 0 Å². The number of carbonyl (C=O) groups excluding carboxylic acids is 2. The van der Waals surface area contributed by atoms with E-state index in [1.165, 1.54) is 6.42 Å². The molecule has 0 aromatic rings. The van der Waals surface area contributed by atoms with Crippen LogP contribution in [0.5, 0.6) is 0 Å². The summed E-state index contributed by atoms with van der Waals surface area (Å²) in [6, 6.07) is 0.0260. The van der Waals surface area contributed by atoms with Gasteiger partial charge in [-0.3, -0.25) is 14.4 Å². The second-order valence-electron chi connectivity index (χ2n) is 7.49. The Balaban J connectivity index is 1.68. The third-order valence-corrected chi connectivity index (χ3v) is 5.69. The van der Waals surface area contributed by atoms with Crippen molar-refractivity contribution in [3.05, 3.63) is 0 Å². The molecule has 0 heterocycles. The van der Waals surface area contributed by atoms with Crippen molar-refractivity contribution in [2.24, 2.45) is 11.7 Å². The molecule has 7 heteroatoms. The molecule has 2 rings (SSSR count). The first-order valence-electron chi connectivity index (χ1n) is 9.42. The normalized spacial score (nSPS) is 24.9. The van der Waals surface area contributed by atoms with Crippen molar-refractivity contribution in [2.75, 3.05) is 7.05 Å². The predicted octanol–water partition coefficient (Wildman–Crippen LogP) is 1.25. The van der Waals surface area contributed by atoms with Crippen molar-refractivity contribution in [3.8, 4) is 0 Å². The molecule has 0 bridgehead atoms. The summed E-state index contributed by atoms with van der Waals surface area (Å²) in [4.78, 5) is 36.6. The molecule has 0 aromatic carbocycles. The van der Waals surface area contributed by atoms with Gasteiger partial charge < -0.3 is 21.1 Å². The van der Waals surface area contributed by atoms with Gasteiger partial charge in [-0.25, -0.2) is 0 Å². The van der Waals surface area contributed by atoms with Crippen LogP contribution in [-0.4, -0.2) is 53.0 Å². The van der Waals surface area contributed by atoms with Gasteiger partial charge >= 0.3 is 5.97 Å². The van der Waals surface area contributed by atoms with Crippen molar-refractivity contribution >= 4 is 17.8 Å². The third-order valence-electron chi connectivity index (χ3n) is 5.69. The Bertz CT molecular complexity index is 485. The molecular weight excluding hydrogens is 322 g/mol. The zero-order valence-electron chi connectivity index (χ0n) is 15.1. The molecule has 0 unspecified atom stereocenters. The van der Waals surface area contributed by atoms with Crippen molar-refractivity contribution in [2.45, 2.75) is 82.3 Å².